The van der Waals surface area contributed by atoms with Crippen molar-refractivity contribution in [3.05, 3.63) is 77.4 Å². The third-order valence-corrected chi connectivity index (χ3v) is 4.71. The van der Waals surface area contributed by atoms with E-state index in [9.17, 15) is 4.79 Å². The van der Waals surface area contributed by atoms with E-state index in [2.05, 4.69) is 15.6 Å². The molecule has 1 amide bonds. The van der Waals surface area contributed by atoms with Crippen LogP contribution in [0.1, 0.15) is 16.8 Å². The summed E-state index contributed by atoms with van der Waals surface area (Å²) in [7, 11) is 0. The monoisotopic (exact) mass is 409 g/mol. The molecule has 0 bridgehead atoms. The number of nitrogens with one attached hydrogen (secondary N) is 2. The van der Waals surface area contributed by atoms with Gasteiger partial charge in [0, 0.05) is 29.7 Å². The van der Waals surface area contributed by atoms with Crippen molar-refractivity contribution in [2.45, 2.75) is 12.5 Å². The summed E-state index contributed by atoms with van der Waals surface area (Å²) >= 11 is 6.24. The Morgan fingerprint density at radius 1 is 1.07 bits per heavy atom. The van der Waals surface area contributed by atoms with Gasteiger partial charge in [-0.25, -0.2) is 4.98 Å². The molecule has 1 aromatic heterocycles. The third kappa shape index (κ3) is 5.04. The fraction of sp³-hybridized carbons (Fsp3) is 0.182. The van der Waals surface area contributed by atoms with E-state index < -0.39 is 0 Å². The Morgan fingerprint density at radius 3 is 2.48 bits per heavy atom. The summed E-state index contributed by atoms with van der Waals surface area (Å²) in [6.45, 7) is 1.19. The normalized spacial score (nSPS) is 15.7. The lowest BCUT2D eigenvalue weighted by molar-refractivity contribution is 0.102. The van der Waals surface area contributed by atoms with Gasteiger partial charge in [-0.15, -0.1) is 0 Å². The zero-order valence-electron chi connectivity index (χ0n) is 15.6. The van der Waals surface area contributed by atoms with Crippen LogP contribution < -0.4 is 15.4 Å². The second kappa shape index (κ2) is 8.94. The van der Waals surface area contributed by atoms with Crippen molar-refractivity contribution in [1.29, 1.82) is 0 Å². The van der Waals surface area contributed by atoms with Crippen LogP contribution in [0.15, 0.2) is 66.9 Å². The third-order valence-electron chi connectivity index (χ3n) is 4.44. The van der Waals surface area contributed by atoms with Crippen molar-refractivity contribution in [3.63, 3.8) is 0 Å². The Hall–Kier alpha value is -3.09. The van der Waals surface area contributed by atoms with Gasteiger partial charge in [-0.2, -0.15) is 0 Å². The Kier molecular flexibility index (Phi) is 5.93. The molecule has 148 valence electrons. The predicted octanol–water partition coefficient (Wildman–Crippen LogP) is 4.90. The molecule has 6 nitrogen and oxygen atoms in total. The van der Waals surface area contributed by atoms with Gasteiger partial charge < -0.3 is 20.1 Å². The summed E-state index contributed by atoms with van der Waals surface area (Å²) in [5.41, 5.74) is 2.96. The number of rotatable bonds is 6. The van der Waals surface area contributed by atoms with E-state index in [1.54, 1.807) is 6.07 Å². The highest BCUT2D eigenvalue weighted by molar-refractivity contribution is 6.32. The molecule has 29 heavy (non-hydrogen) atoms. The van der Waals surface area contributed by atoms with Gasteiger partial charge in [-0.1, -0.05) is 29.8 Å². The predicted molar refractivity (Wildman–Crippen MR) is 113 cm³/mol. The number of nitrogens with zero attached hydrogens (tertiary/aromatic N) is 1. The standard InChI is InChI=1S/C22H20ClN3O3/c23-20-12-15(13-24-22(20)29-19-10-11-28-14-19)21(27)26-18-8-6-17(7-9-18)25-16-4-2-1-3-5-16/h1-9,12-13,19,25H,10-11,14H2,(H,26,27). The summed E-state index contributed by atoms with van der Waals surface area (Å²) in [4.78, 5) is 16.7. The summed E-state index contributed by atoms with van der Waals surface area (Å²) in [5.74, 6) is 0.0222. The van der Waals surface area contributed by atoms with Gasteiger partial charge in [0.2, 0.25) is 5.88 Å². The first kappa shape index (κ1) is 19.2. The van der Waals surface area contributed by atoms with Crippen molar-refractivity contribution >= 4 is 34.6 Å². The number of para-hydroxylation sites is 1. The van der Waals surface area contributed by atoms with E-state index in [4.69, 9.17) is 21.1 Å². The number of ether oxygens (including phenoxy) is 2. The molecule has 4 rings (SSSR count). The topological polar surface area (TPSA) is 72.5 Å². The number of carbonyl (C=O) groups is 1. The highest BCUT2D eigenvalue weighted by atomic mass is 35.5. The molecule has 0 saturated carbocycles. The minimum Gasteiger partial charge on any atom is -0.471 e. The molecule has 0 spiro atoms. The summed E-state index contributed by atoms with van der Waals surface area (Å²) in [6, 6.07) is 18.9. The van der Waals surface area contributed by atoms with Gasteiger partial charge in [0.05, 0.1) is 18.8 Å². The van der Waals surface area contributed by atoms with Crippen molar-refractivity contribution < 1.29 is 14.3 Å². The summed E-state index contributed by atoms with van der Waals surface area (Å²) in [5, 5.41) is 6.44. The van der Waals surface area contributed by atoms with Gasteiger partial charge in [0.1, 0.15) is 11.1 Å². The smallest absolute Gasteiger partial charge is 0.257 e. The molecule has 1 fully saturated rings. The molecule has 1 atom stereocenters. The largest absolute Gasteiger partial charge is 0.471 e. The van der Waals surface area contributed by atoms with Crippen molar-refractivity contribution in [1.82, 2.24) is 4.98 Å². The van der Waals surface area contributed by atoms with Crippen LogP contribution in [0.2, 0.25) is 5.02 Å². The Morgan fingerprint density at radius 2 is 1.79 bits per heavy atom. The molecule has 7 heteroatoms. The number of pyridine rings is 1. The van der Waals surface area contributed by atoms with Gasteiger partial charge >= 0.3 is 0 Å². The minimum atomic E-state index is -0.293. The first-order chi connectivity index (χ1) is 14.2. The SMILES string of the molecule is O=C(Nc1ccc(Nc2ccccc2)cc1)c1cnc(OC2CCOC2)c(Cl)c1. The lowest BCUT2D eigenvalue weighted by Gasteiger charge is -2.13. The first-order valence-corrected chi connectivity index (χ1v) is 9.68. The Labute approximate surface area is 173 Å². The Balaban J connectivity index is 1.37. The minimum absolute atomic E-state index is 0.0531. The number of hydrogen-bond donors (Lipinski definition) is 2. The molecule has 3 aromatic rings. The zero-order valence-corrected chi connectivity index (χ0v) is 16.4. The number of aromatic nitrogens is 1. The van der Waals surface area contributed by atoms with Crippen molar-refractivity contribution in [2.24, 2.45) is 0 Å². The van der Waals surface area contributed by atoms with Crippen LogP contribution in [0.25, 0.3) is 0 Å². The highest BCUT2D eigenvalue weighted by Crippen LogP contribution is 2.26. The van der Waals surface area contributed by atoms with Crippen LogP contribution in [-0.2, 0) is 4.74 Å². The molecular weight excluding hydrogens is 390 g/mol. The van der Waals surface area contributed by atoms with Crippen LogP contribution in [0.3, 0.4) is 0 Å². The van der Waals surface area contributed by atoms with Gasteiger partial charge in [-0.05, 0) is 42.5 Å². The summed E-state index contributed by atoms with van der Waals surface area (Å²) < 4.78 is 11.0. The molecule has 2 N–H and O–H groups in total. The van der Waals surface area contributed by atoms with Crippen LogP contribution in [0, 0.1) is 0 Å². The van der Waals surface area contributed by atoms with E-state index in [1.165, 1.54) is 6.20 Å². The lowest BCUT2D eigenvalue weighted by atomic mass is 10.2. The lowest BCUT2D eigenvalue weighted by Crippen LogP contribution is -2.17. The first-order valence-electron chi connectivity index (χ1n) is 9.31. The maximum atomic E-state index is 12.5. The molecule has 1 aliphatic heterocycles. The van der Waals surface area contributed by atoms with Crippen LogP contribution in [0.5, 0.6) is 5.88 Å². The molecule has 1 aliphatic rings. The molecule has 1 unspecified atom stereocenters. The van der Waals surface area contributed by atoms with Gasteiger partial charge in [-0.3, -0.25) is 4.79 Å². The number of amides is 1. The van der Waals surface area contributed by atoms with E-state index in [0.717, 1.165) is 17.8 Å². The van der Waals surface area contributed by atoms with E-state index in [1.807, 2.05) is 54.6 Å². The van der Waals surface area contributed by atoms with Crippen LogP contribution >= 0.6 is 11.6 Å². The molecule has 0 aliphatic carbocycles. The van der Waals surface area contributed by atoms with Crippen LogP contribution in [0.4, 0.5) is 17.1 Å². The quantitative estimate of drug-likeness (QED) is 0.605. The fourth-order valence-electron chi connectivity index (χ4n) is 2.93. The van der Waals surface area contributed by atoms with Crippen molar-refractivity contribution in [2.75, 3.05) is 23.8 Å². The van der Waals surface area contributed by atoms with Gasteiger partial charge in [0.25, 0.3) is 5.91 Å². The average molecular weight is 410 g/mol. The number of anilines is 3. The molecule has 1 saturated heterocycles. The fourth-order valence-corrected chi connectivity index (χ4v) is 3.14. The average Bonchev–Trinajstić information content (AvgIpc) is 3.25. The second-order valence-electron chi connectivity index (χ2n) is 6.64. The highest BCUT2D eigenvalue weighted by Gasteiger charge is 2.20. The maximum absolute atomic E-state index is 12.5. The van der Waals surface area contributed by atoms with E-state index in [0.29, 0.717) is 35.4 Å². The molecule has 0 radical (unpaired) electrons. The van der Waals surface area contributed by atoms with Crippen molar-refractivity contribution in [3.8, 4) is 5.88 Å². The zero-order chi connectivity index (χ0) is 20.1. The van der Waals surface area contributed by atoms with Gasteiger partial charge in [0.15, 0.2) is 0 Å². The maximum Gasteiger partial charge on any atom is 0.257 e. The van der Waals surface area contributed by atoms with Crippen LogP contribution in [-0.4, -0.2) is 30.2 Å². The van der Waals surface area contributed by atoms with E-state index in [-0.39, 0.29) is 12.0 Å². The number of carbonyl (C=O) groups excluding carboxylic acids is 1. The van der Waals surface area contributed by atoms with E-state index >= 15 is 0 Å². The second-order valence-corrected chi connectivity index (χ2v) is 7.04. The molecule has 2 heterocycles. The molecular formula is C22H20ClN3O3. The number of halogens is 1. The number of hydrogen-bond acceptors (Lipinski definition) is 5. The Bertz CT molecular complexity index is 974. The molecule has 2 aromatic carbocycles. The number of benzene rings is 2. The summed E-state index contributed by atoms with van der Waals surface area (Å²) in [6.07, 6.45) is 2.20.